The van der Waals surface area contributed by atoms with Crippen LogP contribution in [0.4, 0.5) is 0 Å². The fourth-order valence-electron chi connectivity index (χ4n) is 2.18. The van der Waals surface area contributed by atoms with E-state index in [4.69, 9.17) is 0 Å². The highest BCUT2D eigenvalue weighted by Gasteiger charge is 2.25. The Bertz CT molecular complexity index is 502. The summed E-state index contributed by atoms with van der Waals surface area (Å²) in [6, 6.07) is 5.13. The van der Waals surface area contributed by atoms with Crippen LogP contribution < -0.4 is 5.32 Å². The summed E-state index contributed by atoms with van der Waals surface area (Å²) in [7, 11) is 0. The first kappa shape index (κ1) is 11.4. The molecule has 4 nitrogen and oxygen atoms in total. The fraction of sp³-hybridized carbons (Fsp3) is 0.429. The maximum Gasteiger partial charge on any atom is 0.0951 e. The normalized spacial score (nSPS) is 16.7. The summed E-state index contributed by atoms with van der Waals surface area (Å²) in [5.74, 6) is 0. The highest BCUT2D eigenvalue weighted by atomic mass is 15.1. The Hall–Kier alpha value is -1.68. The number of nitrogens with one attached hydrogen (secondary N) is 1. The molecule has 2 aromatic rings. The summed E-state index contributed by atoms with van der Waals surface area (Å²) < 4.78 is 2.30. The third-order valence-corrected chi connectivity index (χ3v) is 3.48. The van der Waals surface area contributed by atoms with Gasteiger partial charge in [0, 0.05) is 37.2 Å². The molecule has 0 saturated heterocycles. The Morgan fingerprint density at radius 2 is 2.11 bits per heavy atom. The lowest BCUT2D eigenvalue weighted by molar-refractivity contribution is 0.546. The predicted octanol–water partition coefficient (Wildman–Crippen LogP) is 2.46. The van der Waals surface area contributed by atoms with Crippen molar-refractivity contribution < 1.29 is 0 Å². The van der Waals surface area contributed by atoms with Gasteiger partial charge in [0.05, 0.1) is 12.0 Å². The molecule has 0 radical (unpaired) electrons. The third kappa shape index (κ3) is 2.43. The van der Waals surface area contributed by atoms with E-state index in [2.05, 4.69) is 38.9 Å². The van der Waals surface area contributed by atoms with Gasteiger partial charge in [0.15, 0.2) is 0 Å². The Morgan fingerprint density at radius 1 is 1.33 bits per heavy atom. The van der Waals surface area contributed by atoms with Crippen LogP contribution >= 0.6 is 0 Å². The number of aromatic nitrogens is 3. The summed E-state index contributed by atoms with van der Waals surface area (Å²) in [6.45, 7) is 3.03. The number of imidazole rings is 1. The van der Waals surface area contributed by atoms with Crippen LogP contribution in [0, 0.1) is 0 Å². The van der Waals surface area contributed by atoms with Crippen LogP contribution in [0.3, 0.4) is 0 Å². The molecule has 0 aliphatic heterocycles. The Balaban J connectivity index is 1.62. The molecule has 18 heavy (non-hydrogen) atoms. The predicted molar refractivity (Wildman–Crippen MR) is 70.0 cm³/mol. The molecule has 1 fully saturated rings. The van der Waals surface area contributed by atoms with Crippen molar-refractivity contribution in [2.75, 3.05) is 0 Å². The quantitative estimate of drug-likeness (QED) is 0.875. The monoisotopic (exact) mass is 242 g/mol. The van der Waals surface area contributed by atoms with E-state index in [9.17, 15) is 0 Å². The van der Waals surface area contributed by atoms with Gasteiger partial charge in [-0.2, -0.15) is 0 Å². The summed E-state index contributed by atoms with van der Waals surface area (Å²) in [5.41, 5.74) is 2.54. The Kier molecular flexibility index (Phi) is 3.11. The molecular formula is C14H18N4. The largest absolute Gasteiger partial charge is 0.330 e. The van der Waals surface area contributed by atoms with Gasteiger partial charge >= 0.3 is 0 Å². The molecule has 1 N–H and O–H groups in total. The van der Waals surface area contributed by atoms with Gasteiger partial charge in [-0.25, -0.2) is 4.98 Å². The van der Waals surface area contributed by atoms with E-state index in [1.807, 2.05) is 24.9 Å². The lowest BCUT2D eigenvalue weighted by Crippen LogP contribution is -2.19. The van der Waals surface area contributed by atoms with E-state index < -0.39 is 0 Å². The molecule has 4 heteroatoms. The average molecular weight is 242 g/mol. The highest BCUT2D eigenvalue weighted by molar-refractivity contribution is 5.14. The molecule has 0 unspecified atom stereocenters. The van der Waals surface area contributed by atoms with Crippen LogP contribution in [-0.2, 0) is 6.54 Å². The van der Waals surface area contributed by atoms with Crippen molar-refractivity contribution in [2.24, 2.45) is 0 Å². The summed E-state index contributed by atoms with van der Waals surface area (Å²) in [6.07, 6.45) is 10.2. The topological polar surface area (TPSA) is 42.7 Å². The molecule has 94 valence electrons. The molecule has 1 atom stereocenters. The first-order valence-electron chi connectivity index (χ1n) is 6.48. The molecule has 1 aliphatic carbocycles. The smallest absolute Gasteiger partial charge is 0.0951 e. The molecule has 2 aromatic heterocycles. The van der Waals surface area contributed by atoms with Crippen molar-refractivity contribution >= 4 is 0 Å². The van der Waals surface area contributed by atoms with Gasteiger partial charge < -0.3 is 9.88 Å². The van der Waals surface area contributed by atoms with Gasteiger partial charge in [0.1, 0.15) is 0 Å². The molecule has 2 heterocycles. The second-order valence-electron chi connectivity index (χ2n) is 4.91. The van der Waals surface area contributed by atoms with Gasteiger partial charge in [0.25, 0.3) is 0 Å². The van der Waals surface area contributed by atoms with Gasteiger partial charge in [-0.15, -0.1) is 0 Å². The fourth-order valence-corrected chi connectivity index (χ4v) is 2.18. The first-order chi connectivity index (χ1) is 8.84. The van der Waals surface area contributed by atoms with E-state index in [0.717, 1.165) is 6.54 Å². The minimum atomic E-state index is 0.329. The summed E-state index contributed by atoms with van der Waals surface area (Å²) in [4.78, 5) is 8.29. The van der Waals surface area contributed by atoms with Gasteiger partial charge in [-0.05, 0) is 37.5 Å². The van der Waals surface area contributed by atoms with Crippen molar-refractivity contribution in [3.8, 4) is 0 Å². The number of rotatable bonds is 5. The number of nitrogens with zero attached hydrogens (tertiary/aromatic N) is 3. The molecular weight excluding hydrogens is 224 g/mol. The minimum Gasteiger partial charge on any atom is -0.330 e. The van der Waals surface area contributed by atoms with Crippen molar-refractivity contribution in [3.63, 3.8) is 0 Å². The number of hydrogen-bond acceptors (Lipinski definition) is 3. The van der Waals surface area contributed by atoms with Gasteiger partial charge in [0.2, 0.25) is 0 Å². The van der Waals surface area contributed by atoms with Crippen LogP contribution in [-0.4, -0.2) is 14.5 Å². The average Bonchev–Trinajstić information content (AvgIpc) is 3.16. The molecule has 0 bridgehead atoms. The van der Waals surface area contributed by atoms with Crippen LogP contribution in [0.2, 0.25) is 0 Å². The standard InChI is InChI=1S/C14H18N4/c1-11(12-4-6-15-7-5-12)17-9-14-8-16-10-18(14)13-2-3-13/h4-8,10-11,13,17H,2-3,9H2,1H3/t11-/m1/s1. The molecule has 3 rings (SSSR count). The van der Waals surface area contributed by atoms with E-state index >= 15 is 0 Å². The minimum absolute atomic E-state index is 0.329. The van der Waals surface area contributed by atoms with Crippen LogP contribution in [0.25, 0.3) is 0 Å². The Labute approximate surface area is 107 Å². The Morgan fingerprint density at radius 3 is 2.83 bits per heavy atom. The zero-order chi connectivity index (χ0) is 12.4. The second-order valence-corrected chi connectivity index (χ2v) is 4.91. The maximum absolute atomic E-state index is 4.25. The molecule has 0 spiro atoms. The lowest BCUT2D eigenvalue weighted by atomic mass is 10.1. The number of hydrogen-bond donors (Lipinski definition) is 1. The zero-order valence-electron chi connectivity index (χ0n) is 10.6. The lowest BCUT2D eigenvalue weighted by Gasteiger charge is -2.14. The molecule has 0 aromatic carbocycles. The van der Waals surface area contributed by atoms with Crippen molar-refractivity contribution in [1.29, 1.82) is 0 Å². The highest BCUT2D eigenvalue weighted by Crippen LogP contribution is 2.35. The van der Waals surface area contributed by atoms with Crippen molar-refractivity contribution in [2.45, 2.75) is 38.4 Å². The summed E-state index contributed by atoms with van der Waals surface area (Å²) in [5, 5.41) is 3.54. The van der Waals surface area contributed by atoms with E-state index in [0.29, 0.717) is 12.1 Å². The van der Waals surface area contributed by atoms with Crippen molar-refractivity contribution in [3.05, 3.63) is 48.3 Å². The van der Waals surface area contributed by atoms with E-state index in [1.165, 1.54) is 24.1 Å². The van der Waals surface area contributed by atoms with Gasteiger partial charge in [-0.1, -0.05) is 0 Å². The van der Waals surface area contributed by atoms with Crippen LogP contribution in [0.15, 0.2) is 37.1 Å². The first-order valence-corrected chi connectivity index (χ1v) is 6.48. The molecule has 1 aliphatic rings. The maximum atomic E-state index is 4.25. The number of pyridine rings is 1. The molecule has 1 saturated carbocycles. The van der Waals surface area contributed by atoms with Crippen molar-refractivity contribution in [1.82, 2.24) is 19.9 Å². The van der Waals surface area contributed by atoms with Crippen LogP contribution in [0.5, 0.6) is 0 Å². The zero-order valence-corrected chi connectivity index (χ0v) is 10.6. The summed E-state index contributed by atoms with van der Waals surface area (Å²) >= 11 is 0. The second kappa shape index (κ2) is 4.90. The van der Waals surface area contributed by atoms with E-state index in [-0.39, 0.29) is 0 Å². The van der Waals surface area contributed by atoms with Gasteiger partial charge in [-0.3, -0.25) is 4.98 Å². The third-order valence-electron chi connectivity index (χ3n) is 3.48. The van der Waals surface area contributed by atoms with E-state index in [1.54, 1.807) is 0 Å². The van der Waals surface area contributed by atoms with Crippen LogP contribution in [0.1, 0.15) is 43.1 Å². The SMILES string of the molecule is C[C@@H](NCc1cncn1C1CC1)c1ccncc1. The molecule has 0 amide bonds.